The van der Waals surface area contributed by atoms with Crippen LogP contribution in [0.3, 0.4) is 0 Å². The van der Waals surface area contributed by atoms with Gasteiger partial charge < -0.3 is 4.74 Å². The number of rotatable bonds is 7. The van der Waals surface area contributed by atoms with Gasteiger partial charge in [0.05, 0.1) is 18.6 Å². The number of hydrogen-bond donors (Lipinski definition) is 0. The molecule has 0 saturated carbocycles. The van der Waals surface area contributed by atoms with Gasteiger partial charge >= 0.3 is 0 Å². The van der Waals surface area contributed by atoms with Crippen LogP contribution >= 0.6 is 56.9 Å². The minimum absolute atomic E-state index is 0.270. The number of ketones is 1. The number of hydrogen-bond acceptors (Lipinski definition) is 5. The number of carbonyl (C=O) groups excluding carboxylic acids is 3. The number of imide groups is 1. The summed E-state index contributed by atoms with van der Waals surface area (Å²) >= 11 is 5.26. The molecule has 1 aliphatic heterocycles. The van der Waals surface area contributed by atoms with Crippen LogP contribution < -0.4 is 4.74 Å². The Morgan fingerprint density at radius 1 is 0.939 bits per heavy atom. The largest absolute Gasteiger partial charge is 0.487 e. The van der Waals surface area contributed by atoms with Gasteiger partial charge in [0.25, 0.3) is 11.1 Å². The highest BCUT2D eigenvalue weighted by atomic mass is 127. The van der Waals surface area contributed by atoms with Crippen molar-refractivity contribution in [1.82, 2.24) is 4.90 Å². The fourth-order valence-corrected chi connectivity index (χ4v) is 6.14. The zero-order valence-corrected chi connectivity index (χ0v) is 22.3. The van der Waals surface area contributed by atoms with Crippen LogP contribution in [0.15, 0.2) is 77.7 Å². The predicted octanol–water partition coefficient (Wildman–Crippen LogP) is 6.39. The highest BCUT2D eigenvalue weighted by molar-refractivity contribution is 14.1. The molecule has 0 atom stereocenters. The second-order valence-electron chi connectivity index (χ2n) is 7.15. The number of ether oxygens (including phenoxy) is 1. The van der Waals surface area contributed by atoms with Gasteiger partial charge in [0.2, 0.25) is 0 Å². The summed E-state index contributed by atoms with van der Waals surface area (Å²) in [5.74, 6) is 0.0469. The second-order valence-corrected chi connectivity index (χ2v) is 10.5. The number of Topliss-reactive ketones (excluding diaryl/α,β-unsaturated/α-hetero) is 1. The van der Waals surface area contributed by atoms with Crippen molar-refractivity contribution in [2.75, 3.05) is 6.54 Å². The van der Waals surface area contributed by atoms with E-state index in [-0.39, 0.29) is 12.3 Å². The van der Waals surface area contributed by atoms with Crippen molar-refractivity contribution < 1.29 is 19.1 Å². The standard InChI is InChI=1S/C25H17I2NO4S/c26-19-11-17(12-20(27)23(19)32-15-16-7-3-1-4-8-16)13-22-24(30)28(25(31)33-22)14-21(29)18-9-5-2-6-10-18/h1-13H,14-15H2/b22-13+. The molecule has 0 radical (unpaired) electrons. The van der Waals surface area contributed by atoms with Crippen LogP contribution in [-0.2, 0) is 11.4 Å². The fourth-order valence-electron chi connectivity index (χ4n) is 3.18. The van der Waals surface area contributed by atoms with Gasteiger partial charge in [0.15, 0.2) is 5.78 Å². The Labute approximate surface area is 222 Å². The van der Waals surface area contributed by atoms with E-state index in [9.17, 15) is 14.4 Å². The SMILES string of the molecule is O=C(CN1C(=O)S/C(=C/c2cc(I)c(OCc3ccccc3)c(I)c2)C1=O)c1ccccc1. The Balaban J connectivity index is 1.48. The normalized spacial score (nSPS) is 14.7. The number of benzene rings is 3. The number of halogens is 2. The molecule has 8 heteroatoms. The molecule has 1 aliphatic rings. The molecule has 3 aromatic rings. The Morgan fingerprint density at radius 2 is 1.55 bits per heavy atom. The van der Waals surface area contributed by atoms with Crippen molar-refractivity contribution in [1.29, 1.82) is 0 Å². The molecular formula is C25H17I2NO4S. The minimum atomic E-state index is -0.455. The summed E-state index contributed by atoms with van der Waals surface area (Å²) in [7, 11) is 0. The molecule has 1 heterocycles. The maximum absolute atomic E-state index is 12.8. The molecule has 166 valence electrons. The summed E-state index contributed by atoms with van der Waals surface area (Å²) in [6.45, 7) is 0.188. The van der Waals surface area contributed by atoms with Crippen LogP contribution in [-0.4, -0.2) is 28.4 Å². The zero-order valence-electron chi connectivity index (χ0n) is 17.2. The van der Waals surface area contributed by atoms with Gasteiger partial charge in [0, 0.05) is 5.56 Å². The molecule has 0 N–H and O–H groups in total. The molecule has 0 unspecified atom stereocenters. The maximum atomic E-state index is 12.8. The highest BCUT2D eigenvalue weighted by Crippen LogP contribution is 2.35. The van der Waals surface area contributed by atoms with E-state index in [0.717, 1.165) is 40.7 Å². The van der Waals surface area contributed by atoms with E-state index in [1.54, 1.807) is 36.4 Å². The quantitative estimate of drug-likeness (QED) is 0.164. The van der Waals surface area contributed by atoms with Crippen molar-refractivity contribution in [3.63, 3.8) is 0 Å². The van der Waals surface area contributed by atoms with Crippen molar-refractivity contribution in [3.8, 4) is 5.75 Å². The average molecular weight is 681 g/mol. The molecule has 2 amide bonds. The van der Waals surface area contributed by atoms with E-state index in [1.807, 2.05) is 42.5 Å². The predicted molar refractivity (Wildman–Crippen MR) is 146 cm³/mol. The van der Waals surface area contributed by atoms with Gasteiger partial charge in [-0.05, 0) is 86.3 Å². The van der Waals surface area contributed by atoms with Crippen LogP contribution in [0.4, 0.5) is 4.79 Å². The van der Waals surface area contributed by atoms with E-state index in [4.69, 9.17) is 4.74 Å². The van der Waals surface area contributed by atoms with E-state index in [0.29, 0.717) is 17.1 Å². The lowest BCUT2D eigenvalue weighted by molar-refractivity contribution is -0.122. The number of nitrogens with zero attached hydrogens (tertiary/aromatic N) is 1. The lowest BCUT2D eigenvalue weighted by Gasteiger charge is -2.12. The third-order valence-corrected chi connectivity index (χ3v) is 7.33. The van der Waals surface area contributed by atoms with Gasteiger partial charge in [-0.15, -0.1) is 0 Å². The van der Waals surface area contributed by atoms with Gasteiger partial charge in [0.1, 0.15) is 12.4 Å². The zero-order chi connectivity index (χ0) is 23.4. The molecule has 0 bridgehead atoms. The van der Waals surface area contributed by atoms with Crippen LogP contribution in [0.1, 0.15) is 21.5 Å². The number of thioether (sulfide) groups is 1. The first-order valence-electron chi connectivity index (χ1n) is 9.92. The Morgan fingerprint density at radius 3 is 2.18 bits per heavy atom. The topological polar surface area (TPSA) is 63.7 Å². The monoisotopic (exact) mass is 681 g/mol. The molecule has 1 saturated heterocycles. The first kappa shape index (κ1) is 24.0. The van der Waals surface area contributed by atoms with Crippen LogP contribution in [0.2, 0.25) is 0 Å². The summed E-state index contributed by atoms with van der Waals surface area (Å²) in [5.41, 5.74) is 2.33. The number of amides is 2. The maximum Gasteiger partial charge on any atom is 0.293 e. The Kier molecular flexibility index (Phi) is 7.86. The van der Waals surface area contributed by atoms with Crippen LogP contribution in [0.5, 0.6) is 5.75 Å². The molecule has 0 aromatic heterocycles. The van der Waals surface area contributed by atoms with Gasteiger partial charge in [-0.1, -0.05) is 60.7 Å². The van der Waals surface area contributed by atoms with Crippen LogP contribution in [0, 0.1) is 7.14 Å². The highest BCUT2D eigenvalue weighted by Gasteiger charge is 2.36. The smallest absolute Gasteiger partial charge is 0.293 e. The summed E-state index contributed by atoms with van der Waals surface area (Å²) in [6, 6.07) is 22.4. The average Bonchev–Trinajstić information content (AvgIpc) is 3.07. The summed E-state index contributed by atoms with van der Waals surface area (Å²) in [6.07, 6.45) is 1.68. The summed E-state index contributed by atoms with van der Waals surface area (Å²) in [5, 5.41) is -0.442. The minimum Gasteiger partial charge on any atom is -0.487 e. The molecule has 4 rings (SSSR count). The van der Waals surface area contributed by atoms with E-state index in [2.05, 4.69) is 45.2 Å². The Hall–Kier alpha value is -2.18. The van der Waals surface area contributed by atoms with Crippen molar-refractivity contribution in [2.45, 2.75) is 6.61 Å². The first-order chi connectivity index (χ1) is 15.9. The third kappa shape index (κ3) is 5.85. The molecule has 1 fully saturated rings. The summed E-state index contributed by atoms with van der Waals surface area (Å²) < 4.78 is 7.82. The van der Waals surface area contributed by atoms with E-state index in [1.165, 1.54) is 0 Å². The van der Waals surface area contributed by atoms with Gasteiger partial charge in [-0.25, -0.2) is 0 Å². The lowest BCUT2D eigenvalue weighted by Crippen LogP contribution is -2.33. The third-order valence-electron chi connectivity index (χ3n) is 4.82. The van der Waals surface area contributed by atoms with Crippen molar-refractivity contribution >= 4 is 79.9 Å². The lowest BCUT2D eigenvalue weighted by atomic mass is 10.1. The fraction of sp³-hybridized carbons (Fsp3) is 0.0800. The summed E-state index contributed by atoms with van der Waals surface area (Å²) in [4.78, 5) is 39.0. The Bertz CT molecular complexity index is 1220. The van der Waals surface area contributed by atoms with Gasteiger partial charge in [-0.2, -0.15) is 0 Å². The molecule has 0 aliphatic carbocycles. The van der Waals surface area contributed by atoms with Crippen molar-refractivity contribution in [3.05, 3.63) is 102 Å². The van der Waals surface area contributed by atoms with Crippen LogP contribution in [0.25, 0.3) is 6.08 Å². The molecule has 0 spiro atoms. The second kappa shape index (κ2) is 10.8. The molecule has 5 nitrogen and oxygen atoms in total. The van der Waals surface area contributed by atoms with E-state index < -0.39 is 11.1 Å². The van der Waals surface area contributed by atoms with Crippen molar-refractivity contribution in [2.24, 2.45) is 0 Å². The first-order valence-corrected chi connectivity index (χ1v) is 12.9. The molecule has 33 heavy (non-hydrogen) atoms. The molecular weight excluding hydrogens is 664 g/mol. The van der Waals surface area contributed by atoms with Gasteiger partial charge in [-0.3, -0.25) is 19.3 Å². The van der Waals surface area contributed by atoms with E-state index >= 15 is 0 Å². The number of carbonyl (C=O) groups is 3. The molecule has 3 aromatic carbocycles.